The molecule has 1 aromatic rings. The van der Waals surface area contributed by atoms with Crippen LogP contribution in [0.2, 0.25) is 0 Å². The van der Waals surface area contributed by atoms with Gasteiger partial charge in [0.1, 0.15) is 24.7 Å². The molecule has 1 saturated heterocycles. The number of nitrogens with one attached hydrogen (secondary N) is 3. The molecule has 0 aliphatic carbocycles. The molecule has 0 bridgehead atoms. The number of nitrogens with two attached hydrogens (primary N) is 1. The topological polar surface area (TPSA) is 166 Å². The maximum absolute atomic E-state index is 13.1. The van der Waals surface area contributed by atoms with Crippen molar-refractivity contribution in [1.29, 1.82) is 0 Å². The summed E-state index contributed by atoms with van der Waals surface area (Å²) in [5.74, 6) is -3.23. The summed E-state index contributed by atoms with van der Waals surface area (Å²) in [6.45, 7) is 8.02. The molecule has 0 unspecified atom stereocenters. The van der Waals surface area contributed by atoms with Crippen LogP contribution < -0.4 is 21.7 Å². The maximum atomic E-state index is 13.1. The third-order valence-corrected chi connectivity index (χ3v) is 5.46. The van der Waals surface area contributed by atoms with Crippen LogP contribution in [0.5, 0.6) is 0 Å². The first-order chi connectivity index (χ1) is 15.8. The molecule has 1 aromatic carbocycles. The van der Waals surface area contributed by atoms with Crippen molar-refractivity contribution in [2.24, 2.45) is 11.1 Å². The van der Waals surface area contributed by atoms with Gasteiger partial charge in [0, 0.05) is 5.41 Å². The molecule has 11 nitrogen and oxygen atoms in total. The SMILES string of the molecule is C[C@H](NC(=O)[C@H](C)NC(=O)[C@H](C)N[C@@H](C(=O)O[C@H]1C(=O)OCC1(C)C)c1ccccc1)C(N)=O. The van der Waals surface area contributed by atoms with Crippen LogP contribution in [0.4, 0.5) is 0 Å². The molecule has 1 aliphatic heterocycles. The molecule has 1 heterocycles. The van der Waals surface area contributed by atoms with Crippen molar-refractivity contribution in [3.8, 4) is 0 Å². The fourth-order valence-electron chi connectivity index (χ4n) is 3.20. The second-order valence-electron chi connectivity index (χ2n) is 9.01. The van der Waals surface area contributed by atoms with Crippen molar-refractivity contribution < 1.29 is 33.4 Å². The lowest BCUT2D eigenvalue weighted by Crippen LogP contribution is -2.54. The van der Waals surface area contributed by atoms with Gasteiger partial charge < -0.3 is 25.8 Å². The molecule has 0 aromatic heterocycles. The van der Waals surface area contributed by atoms with E-state index in [0.717, 1.165) is 0 Å². The van der Waals surface area contributed by atoms with Crippen LogP contribution in [0, 0.1) is 5.41 Å². The zero-order valence-electron chi connectivity index (χ0n) is 19.9. The van der Waals surface area contributed by atoms with Crippen LogP contribution in [-0.2, 0) is 33.4 Å². The average molecular weight is 477 g/mol. The largest absolute Gasteiger partial charge is 0.462 e. The van der Waals surface area contributed by atoms with E-state index >= 15 is 0 Å². The third-order valence-electron chi connectivity index (χ3n) is 5.46. The molecule has 11 heteroatoms. The molecule has 5 N–H and O–H groups in total. The van der Waals surface area contributed by atoms with E-state index in [2.05, 4.69) is 16.0 Å². The van der Waals surface area contributed by atoms with E-state index in [-0.39, 0.29) is 6.61 Å². The third kappa shape index (κ3) is 6.77. The summed E-state index contributed by atoms with van der Waals surface area (Å²) >= 11 is 0. The quantitative estimate of drug-likeness (QED) is 0.334. The summed E-state index contributed by atoms with van der Waals surface area (Å²) in [6, 6.07) is 4.74. The van der Waals surface area contributed by atoms with Crippen molar-refractivity contribution in [2.75, 3.05) is 6.61 Å². The molecule has 3 amide bonds. The van der Waals surface area contributed by atoms with Gasteiger partial charge in [0.2, 0.25) is 23.8 Å². The Hall–Kier alpha value is -3.47. The summed E-state index contributed by atoms with van der Waals surface area (Å²) < 4.78 is 10.5. The van der Waals surface area contributed by atoms with Crippen molar-refractivity contribution in [2.45, 2.75) is 64.9 Å². The summed E-state index contributed by atoms with van der Waals surface area (Å²) in [7, 11) is 0. The van der Waals surface area contributed by atoms with Gasteiger partial charge in [-0.05, 0) is 26.3 Å². The van der Waals surface area contributed by atoms with Crippen LogP contribution >= 0.6 is 0 Å². The number of cyclic esters (lactones) is 1. The Kier molecular flexibility index (Phi) is 8.74. The van der Waals surface area contributed by atoms with E-state index in [1.807, 2.05) is 0 Å². The van der Waals surface area contributed by atoms with Gasteiger partial charge in [0.25, 0.3) is 0 Å². The van der Waals surface area contributed by atoms with Crippen LogP contribution in [0.3, 0.4) is 0 Å². The lowest BCUT2D eigenvalue weighted by molar-refractivity contribution is -0.165. The number of esters is 2. The highest BCUT2D eigenvalue weighted by Crippen LogP contribution is 2.32. The number of carbonyl (C=O) groups excluding carboxylic acids is 5. The van der Waals surface area contributed by atoms with Crippen LogP contribution in [-0.4, -0.2) is 60.5 Å². The summed E-state index contributed by atoms with van der Waals surface area (Å²) in [4.78, 5) is 61.1. The zero-order chi connectivity index (χ0) is 25.6. The van der Waals surface area contributed by atoms with E-state index in [1.165, 1.54) is 20.8 Å². The second kappa shape index (κ2) is 11.1. The van der Waals surface area contributed by atoms with E-state index in [1.54, 1.807) is 44.2 Å². The minimum Gasteiger partial charge on any atom is -0.462 e. The molecule has 0 radical (unpaired) electrons. The summed E-state index contributed by atoms with van der Waals surface area (Å²) in [6.07, 6.45) is -1.08. The number of ether oxygens (including phenoxy) is 2. The summed E-state index contributed by atoms with van der Waals surface area (Å²) in [5.41, 5.74) is 4.97. The molecule has 1 aliphatic rings. The molecule has 5 atom stereocenters. The van der Waals surface area contributed by atoms with Crippen molar-refractivity contribution in [3.63, 3.8) is 0 Å². The average Bonchev–Trinajstić information content (AvgIpc) is 3.04. The Balaban J connectivity index is 2.10. The van der Waals surface area contributed by atoms with Crippen molar-refractivity contribution >= 4 is 29.7 Å². The fourth-order valence-corrected chi connectivity index (χ4v) is 3.20. The molecule has 34 heavy (non-hydrogen) atoms. The Bertz CT molecular complexity index is 935. The van der Waals surface area contributed by atoms with Gasteiger partial charge in [0.05, 0.1) is 6.04 Å². The molecule has 186 valence electrons. The molecular formula is C23H32N4O7. The predicted octanol–water partition coefficient (Wildman–Crippen LogP) is -0.305. The normalized spacial score (nSPS) is 20.3. The highest BCUT2D eigenvalue weighted by atomic mass is 16.6. The van der Waals surface area contributed by atoms with Crippen LogP contribution in [0.25, 0.3) is 0 Å². The first-order valence-electron chi connectivity index (χ1n) is 10.9. The number of carbonyl (C=O) groups is 5. The number of benzene rings is 1. The number of hydrogen-bond acceptors (Lipinski definition) is 8. The van der Waals surface area contributed by atoms with Gasteiger partial charge in [-0.25, -0.2) is 9.59 Å². The lowest BCUT2D eigenvalue weighted by Gasteiger charge is -2.27. The summed E-state index contributed by atoms with van der Waals surface area (Å²) in [5, 5.41) is 7.82. The Morgan fingerprint density at radius 2 is 1.56 bits per heavy atom. The van der Waals surface area contributed by atoms with Gasteiger partial charge >= 0.3 is 11.9 Å². The Morgan fingerprint density at radius 3 is 2.09 bits per heavy atom. The monoisotopic (exact) mass is 476 g/mol. The number of rotatable bonds is 10. The lowest BCUT2D eigenvalue weighted by atomic mass is 9.89. The highest BCUT2D eigenvalue weighted by Gasteiger charge is 2.47. The predicted molar refractivity (Wildman–Crippen MR) is 121 cm³/mol. The van der Waals surface area contributed by atoms with E-state index < -0.39 is 65.3 Å². The molecule has 1 fully saturated rings. The van der Waals surface area contributed by atoms with E-state index in [4.69, 9.17) is 15.2 Å². The molecular weight excluding hydrogens is 444 g/mol. The zero-order valence-corrected chi connectivity index (χ0v) is 19.9. The van der Waals surface area contributed by atoms with Crippen LogP contribution in [0.1, 0.15) is 46.2 Å². The molecule has 2 rings (SSSR count). The van der Waals surface area contributed by atoms with Crippen molar-refractivity contribution in [1.82, 2.24) is 16.0 Å². The van der Waals surface area contributed by atoms with Gasteiger partial charge in [-0.1, -0.05) is 44.2 Å². The van der Waals surface area contributed by atoms with Crippen LogP contribution in [0.15, 0.2) is 30.3 Å². The molecule has 0 spiro atoms. The van der Waals surface area contributed by atoms with Gasteiger partial charge in [0.15, 0.2) is 0 Å². The second-order valence-corrected chi connectivity index (χ2v) is 9.01. The van der Waals surface area contributed by atoms with Gasteiger partial charge in [-0.2, -0.15) is 0 Å². The highest BCUT2D eigenvalue weighted by molar-refractivity contribution is 5.92. The van der Waals surface area contributed by atoms with Crippen molar-refractivity contribution in [3.05, 3.63) is 35.9 Å². The molecule has 0 saturated carbocycles. The maximum Gasteiger partial charge on any atom is 0.348 e. The smallest absolute Gasteiger partial charge is 0.348 e. The number of hydrogen-bond donors (Lipinski definition) is 4. The minimum atomic E-state index is -1.08. The van der Waals surface area contributed by atoms with Gasteiger partial charge in [-0.3, -0.25) is 19.7 Å². The fraction of sp³-hybridized carbons (Fsp3) is 0.522. The van der Waals surface area contributed by atoms with Gasteiger partial charge in [-0.15, -0.1) is 0 Å². The number of amides is 3. The number of primary amides is 1. The Morgan fingerprint density at radius 1 is 1.00 bits per heavy atom. The first-order valence-corrected chi connectivity index (χ1v) is 10.9. The van der Waals surface area contributed by atoms with E-state index in [9.17, 15) is 24.0 Å². The standard InChI is InChI=1S/C23H32N4O7/c1-12(18(24)28)26-20(30)14(3)27-19(29)13(2)25-16(15-9-7-6-8-10-15)21(31)34-17-22(32)33-11-23(17,4)5/h6-10,12-14,16-17,25H,11H2,1-5H3,(H2,24,28)(H,26,30)(H,27,29)/t12-,13-,14-,16+,17-/m0/s1. The Labute approximate surface area is 198 Å². The first kappa shape index (κ1) is 26.8. The minimum absolute atomic E-state index is 0.125. The van der Waals surface area contributed by atoms with E-state index in [0.29, 0.717) is 5.56 Å².